The van der Waals surface area contributed by atoms with Crippen LogP contribution in [0.3, 0.4) is 0 Å². The molecule has 50 heavy (non-hydrogen) atoms. The van der Waals surface area contributed by atoms with Crippen molar-refractivity contribution in [3.05, 3.63) is 66.6 Å². The molecule has 3 heterocycles. The second-order valence-corrected chi connectivity index (χ2v) is 29.8. The van der Waals surface area contributed by atoms with Gasteiger partial charge in [-0.1, -0.05) is 75.7 Å². The highest BCUT2D eigenvalue weighted by Crippen LogP contribution is 2.40. The van der Waals surface area contributed by atoms with Gasteiger partial charge in [-0.15, -0.1) is 0 Å². The smallest absolute Gasteiger partial charge is 0.165 e. The summed E-state index contributed by atoms with van der Waals surface area (Å²) < 4.78 is 38.6. The Morgan fingerprint density at radius 2 is 1.52 bits per heavy atom. The standard InChI is InChI=1S/C37H55N5O5SSi2/c1-48(44,45)26-37(43)17-15-30(16-18-37)34-23-35(41(27-46-19-21-49(2,3)4)28-47-20-22-50(5,6)7)42-36(40-34)32(25-39-42)31-13-14-33(38-24-31)29-11-9-8-10-12-29/h8-14,23-25,30,43H,15-22,26-28H2,1-7H3. The molecule has 3 aromatic heterocycles. The third-order valence-electron chi connectivity index (χ3n) is 9.29. The van der Waals surface area contributed by atoms with Crippen molar-refractivity contribution in [2.75, 3.05) is 43.6 Å². The lowest BCUT2D eigenvalue weighted by Gasteiger charge is -2.35. The van der Waals surface area contributed by atoms with Gasteiger partial charge in [-0.3, -0.25) is 4.98 Å². The van der Waals surface area contributed by atoms with E-state index in [1.54, 1.807) is 0 Å². The second-order valence-electron chi connectivity index (χ2n) is 16.4. The molecule has 1 aliphatic carbocycles. The van der Waals surface area contributed by atoms with Crippen molar-refractivity contribution < 1.29 is 23.0 Å². The summed E-state index contributed by atoms with van der Waals surface area (Å²) in [4.78, 5) is 12.1. The highest BCUT2D eigenvalue weighted by atomic mass is 32.2. The molecule has 4 aromatic rings. The predicted molar refractivity (Wildman–Crippen MR) is 208 cm³/mol. The first kappa shape index (κ1) is 38.3. The first-order valence-electron chi connectivity index (χ1n) is 17.7. The van der Waals surface area contributed by atoms with E-state index < -0.39 is 31.6 Å². The largest absolute Gasteiger partial charge is 0.389 e. The Labute approximate surface area is 300 Å². The second kappa shape index (κ2) is 15.7. The van der Waals surface area contributed by atoms with Crippen LogP contribution >= 0.6 is 0 Å². The number of sulfone groups is 1. The molecule has 5 rings (SSSR count). The van der Waals surface area contributed by atoms with Crippen molar-refractivity contribution >= 4 is 37.5 Å². The quantitative estimate of drug-likeness (QED) is 0.0717. The molecule has 1 aliphatic rings. The summed E-state index contributed by atoms with van der Waals surface area (Å²) in [7, 11) is -5.88. The zero-order chi connectivity index (χ0) is 36.2. The number of rotatable bonds is 16. The normalized spacial score (nSPS) is 18.8. The van der Waals surface area contributed by atoms with E-state index >= 15 is 0 Å². The van der Waals surface area contributed by atoms with Gasteiger partial charge in [-0.05, 0) is 43.8 Å². The van der Waals surface area contributed by atoms with E-state index in [2.05, 4.69) is 56.3 Å². The number of hydrogen-bond donors (Lipinski definition) is 1. The molecule has 0 aliphatic heterocycles. The van der Waals surface area contributed by atoms with Crippen LogP contribution < -0.4 is 4.90 Å². The van der Waals surface area contributed by atoms with E-state index in [-0.39, 0.29) is 11.7 Å². The molecule has 1 N–H and O–H groups in total. The topological polar surface area (TPSA) is 119 Å². The van der Waals surface area contributed by atoms with Crippen molar-refractivity contribution in [1.82, 2.24) is 19.6 Å². The lowest BCUT2D eigenvalue weighted by molar-refractivity contribution is 0.0201. The van der Waals surface area contributed by atoms with E-state index in [0.717, 1.165) is 46.0 Å². The maximum absolute atomic E-state index is 12.1. The third kappa shape index (κ3) is 10.8. The van der Waals surface area contributed by atoms with Gasteiger partial charge in [0, 0.05) is 76.2 Å². The number of pyridine rings is 1. The monoisotopic (exact) mass is 737 g/mol. The van der Waals surface area contributed by atoms with Gasteiger partial charge < -0.3 is 19.5 Å². The van der Waals surface area contributed by atoms with Gasteiger partial charge >= 0.3 is 0 Å². The lowest BCUT2D eigenvalue weighted by Crippen LogP contribution is -2.40. The summed E-state index contributed by atoms with van der Waals surface area (Å²) in [6.07, 6.45) is 6.95. The molecular weight excluding hydrogens is 683 g/mol. The molecule has 0 atom stereocenters. The Kier molecular flexibility index (Phi) is 12.1. The summed E-state index contributed by atoms with van der Waals surface area (Å²) in [5.41, 5.74) is 4.09. The molecule has 0 bridgehead atoms. The summed E-state index contributed by atoms with van der Waals surface area (Å²) in [6, 6.07) is 18.4. The highest BCUT2D eigenvalue weighted by molar-refractivity contribution is 7.90. The Morgan fingerprint density at radius 3 is 2.06 bits per heavy atom. The number of hydrogen-bond acceptors (Lipinski definition) is 9. The van der Waals surface area contributed by atoms with E-state index in [1.165, 1.54) is 6.26 Å². The number of aliphatic hydroxyl groups is 1. The van der Waals surface area contributed by atoms with Gasteiger partial charge in [0.05, 0.1) is 23.2 Å². The molecule has 10 nitrogen and oxygen atoms in total. The Bertz CT molecular complexity index is 1790. The fourth-order valence-corrected chi connectivity index (χ4v) is 9.07. The van der Waals surface area contributed by atoms with E-state index in [9.17, 15) is 13.5 Å². The van der Waals surface area contributed by atoms with Gasteiger partial charge in [0.2, 0.25) is 0 Å². The molecule has 0 spiro atoms. The molecule has 0 amide bonds. The van der Waals surface area contributed by atoms with Gasteiger partial charge in [0.15, 0.2) is 5.65 Å². The molecule has 0 unspecified atom stereocenters. The van der Waals surface area contributed by atoms with Crippen molar-refractivity contribution in [2.24, 2.45) is 0 Å². The fourth-order valence-electron chi connectivity index (χ4n) is 6.30. The average molecular weight is 738 g/mol. The van der Waals surface area contributed by atoms with Crippen LogP contribution in [0.1, 0.15) is 37.3 Å². The molecule has 1 fully saturated rings. The SMILES string of the molecule is C[Si](C)(C)CCOCN(COCC[Si](C)(C)C)c1cc(C2CCC(O)(CS(C)(=O)=O)CC2)nc2c(-c3ccc(-c4ccccc4)nc3)cnn12. The van der Waals surface area contributed by atoms with Crippen LogP contribution in [-0.2, 0) is 19.3 Å². The number of benzene rings is 1. The summed E-state index contributed by atoms with van der Waals surface area (Å²) in [5, 5.41) is 16.0. The minimum atomic E-state index is -3.31. The summed E-state index contributed by atoms with van der Waals surface area (Å²) in [6.45, 7) is 16.1. The van der Waals surface area contributed by atoms with Gasteiger partial charge in [-0.2, -0.15) is 9.61 Å². The third-order valence-corrected chi connectivity index (χ3v) is 13.8. The number of fused-ring (bicyclic) bond motifs is 1. The summed E-state index contributed by atoms with van der Waals surface area (Å²) >= 11 is 0. The predicted octanol–water partition coefficient (Wildman–Crippen LogP) is 7.32. The van der Waals surface area contributed by atoms with Crippen molar-refractivity contribution in [1.29, 1.82) is 0 Å². The molecule has 0 radical (unpaired) electrons. The van der Waals surface area contributed by atoms with Gasteiger partial charge in [-0.25, -0.2) is 13.4 Å². The maximum Gasteiger partial charge on any atom is 0.165 e. The van der Waals surface area contributed by atoms with Crippen LogP contribution in [0, 0.1) is 0 Å². The Morgan fingerprint density at radius 1 is 0.900 bits per heavy atom. The van der Waals surface area contributed by atoms with E-state index in [0.29, 0.717) is 58.0 Å². The number of anilines is 1. The minimum absolute atomic E-state index is 0.0439. The van der Waals surface area contributed by atoms with E-state index in [1.807, 2.05) is 53.3 Å². The molecule has 272 valence electrons. The summed E-state index contributed by atoms with van der Waals surface area (Å²) in [5.74, 6) is 0.644. The first-order chi connectivity index (χ1) is 23.5. The van der Waals surface area contributed by atoms with Crippen molar-refractivity contribution in [3.8, 4) is 22.4 Å². The van der Waals surface area contributed by atoms with Gasteiger partial charge in [0.1, 0.15) is 29.1 Å². The number of nitrogens with zero attached hydrogens (tertiary/aromatic N) is 5. The maximum atomic E-state index is 12.1. The number of aromatic nitrogens is 4. The molecular formula is C37H55N5O5SSi2. The fraction of sp³-hybridized carbons (Fsp3) is 0.541. The van der Waals surface area contributed by atoms with Crippen LogP contribution in [0.15, 0.2) is 60.9 Å². The first-order valence-corrected chi connectivity index (χ1v) is 27.2. The Hall–Kier alpha value is -2.95. The van der Waals surface area contributed by atoms with Crippen LogP contribution in [0.2, 0.25) is 51.4 Å². The molecule has 13 heteroatoms. The number of ether oxygens (including phenoxy) is 2. The Balaban J connectivity index is 1.51. The molecule has 1 saturated carbocycles. The molecule has 1 aromatic carbocycles. The van der Waals surface area contributed by atoms with Crippen LogP contribution in [0.4, 0.5) is 5.82 Å². The van der Waals surface area contributed by atoms with Gasteiger partial charge in [0.25, 0.3) is 0 Å². The average Bonchev–Trinajstić information content (AvgIpc) is 3.47. The molecule has 0 saturated heterocycles. The van der Waals surface area contributed by atoms with E-state index in [4.69, 9.17) is 24.5 Å². The van der Waals surface area contributed by atoms with Crippen molar-refractivity contribution in [3.63, 3.8) is 0 Å². The lowest BCUT2D eigenvalue weighted by atomic mass is 9.78. The zero-order valence-corrected chi connectivity index (χ0v) is 33.7. The highest BCUT2D eigenvalue weighted by Gasteiger charge is 2.37. The van der Waals surface area contributed by atoms with Crippen LogP contribution in [0.5, 0.6) is 0 Å². The van der Waals surface area contributed by atoms with Crippen molar-refractivity contribution in [2.45, 2.75) is 88.6 Å². The van der Waals surface area contributed by atoms with Crippen LogP contribution in [0.25, 0.3) is 28.0 Å². The zero-order valence-electron chi connectivity index (χ0n) is 30.9. The minimum Gasteiger partial charge on any atom is -0.389 e. The van der Waals surface area contributed by atoms with Crippen LogP contribution in [-0.4, -0.2) is 93.5 Å².